The summed E-state index contributed by atoms with van der Waals surface area (Å²) in [5.74, 6) is 0. The van der Waals surface area contributed by atoms with Gasteiger partial charge in [-0.25, -0.2) is 4.39 Å². The summed E-state index contributed by atoms with van der Waals surface area (Å²) in [5.41, 5.74) is 0. The van der Waals surface area contributed by atoms with Gasteiger partial charge in [0.1, 0.15) is 12.4 Å². The van der Waals surface area contributed by atoms with E-state index < -0.39 is 31.6 Å². The Bertz CT molecular complexity index is 288. The van der Waals surface area contributed by atoms with Gasteiger partial charge in [0.2, 0.25) is 0 Å². The molecule has 1 rings (SSSR count). The number of hydrogen-bond donors (Lipinski definition) is 2. The van der Waals surface area contributed by atoms with Crippen LogP contribution in [0.3, 0.4) is 0 Å². The van der Waals surface area contributed by atoms with E-state index in [2.05, 4.69) is 0 Å². The topological polar surface area (TPSA) is 32.3 Å². The van der Waals surface area contributed by atoms with E-state index in [1.807, 2.05) is 0 Å². The predicted octanol–water partition coefficient (Wildman–Crippen LogP) is 0.0263. The highest BCUT2D eigenvalue weighted by Crippen LogP contribution is 2.07. The van der Waals surface area contributed by atoms with Gasteiger partial charge in [-0.15, -0.1) is 0 Å². The maximum atomic E-state index is 13.7. The van der Waals surface area contributed by atoms with Crippen molar-refractivity contribution in [3.05, 3.63) is 0 Å². The first-order valence-electron chi connectivity index (χ1n) is 5.91. The Morgan fingerprint density at radius 3 is 3.38 bits per heavy atom. The Balaban J connectivity index is 3.43. The van der Waals surface area contributed by atoms with Crippen molar-refractivity contribution in [2.24, 2.45) is 0 Å². The molecule has 2 unspecified atom stereocenters. The molecule has 0 amide bonds. The molecule has 0 radical (unpaired) electrons. The Morgan fingerprint density at radius 2 is 2.62 bits per heavy atom. The first-order chi connectivity index (χ1) is 6.71. The summed E-state index contributed by atoms with van der Waals surface area (Å²) in [7, 11) is 0. The third kappa shape index (κ3) is 1.42. The van der Waals surface area contributed by atoms with Crippen LogP contribution in [0, 0.1) is 0 Å². The van der Waals surface area contributed by atoms with Crippen molar-refractivity contribution >= 4 is 0 Å². The van der Waals surface area contributed by atoms with Crippen LogP contribution in [0.4, 0.5) is 4.39 Å². The van der Waals surface area contributed by atoms with Crippen molar-refractivity contribution in [1.29, 1.82) is 0 Å². The van der Waals surface area contributed by atoms with Gasteiger partial charge in [-0.1, -0.05) is 0 Å². The van der Waals surface area contributed by atoms with Crippen molar-refractivity contribution in [2.75, 3.05) is 6.50 Å². The average molecular weight is 127 g/mol. The number of nitrogens with one attached hydrogen (secondary N) is 1. The number of hydrogen-bond acceptors (Lipinski definition) is 2. The number of piperidine rings is 1. The van der Waals surface area contributed by atoms with Crippen molar-refractivity contribution in [2.45, 2.75) is 25.1 Å². The van der Waals surface area contributed by atoms with Gasteiger partial charge >= 0.3 is 0 Å². The van der Waals surface area contributed by atoms with Crippen molar-refractivity contribution in [3.63, 3.8) is 0 Å². The molecular formula is C5H10FNO. The smallest absolute Gasteiger partial charge is 0.113 e. The third-order valence-electron chi connectivity index (χ3n) is 0.581. The van der Waals surface area contributed by atoms with E-state index in [4.69, 9.17) is 11.0 Å². The Hall–Kier alpha value is -0.150. The minimum Gasteiger partial charge on any atom is -0.379 e. The van der Waals surface area contributed by atoms with E-state index in [-0.39, 0.29) is 0 Å². The Morgan fingerprint density at radius 1 is 1.88 bits per heavy atom. The maximum absolute atomic E-state index is 13.7. The van der Waals surface area contributed by atoms with Gasteiger partial charge < -0.3 is 5.11 Å². The van der Waals surface area contributed by atoms with Crippen LogP contribution in [0.25, 0.3) is 0 Å². The second kappa shape index (κ2) is 2.42. The molecule has 0 aromatic carbocycles. The number of alkyl halides is 1. The molecule has 0 bridgehead atoms. The van der Waals surface area contributed by atoms with Crippen LogP contribution < -0.4 is 5.32 Å². The van der Waals surface area contributed by atoms with Gasteiger partial charge in [-0.3, -0.25) is 5.32 Å². The average Bonchev–Trinajstić information content (AvgIpc) is 1.98. The molecule has 48 valence electrons. The summed E-state index contributed by atoms with van der Waals surface area (Å²) in [4.78, 5) is 0. The van der Waals surface area contributed by atoms with Crippen LogP contribution in [0.1, 0.15) is 23.7 Å². The van der Waals surface area contributed by atoms with Gasteiger partial charge in [0.25, 0.3) is 0 Å². The van der Waals surface area contributed by atoms with Crippen LogP contribution in [0.2, 0.25) is 0 Å². The van der Waals surface area contributed by atoms with Gasteiger partial charge in [0.15, 0.2) is 0 Å². The molecule has 0 aromatic heterocycles. The van der Waals surface area contributed by atoms with E-state index in [1.54, 1.807) is 0 Å². The molecule has 8 heavy (non-hydrogen) atoms. The molecule has 1 aliphatic rings. The molecule has 0 aromatic rings. The largest absolute Gasteiger partial charge is 0.379 e. The predicted molar refractivity (Wildman–Crippen MR) is 28.1 cm³/mol. The maximum Gasteiger partial charge on any atom is 0.113 e. The van der Waals surface area contributed by atoms with Gasteiger partial charge in [-0.2, -0.15) is 0 Å². The van der Waals surface area contributed by atoms with E-state index in [0.717, 1.165) is 0 Å². The highest BCUT2D eigenvalue weighted by Gasteiger charge is 2.16. The fraction of sp³-hybridized carbons (Fsp3) is 1.00. The van der Waals surface area contributed by atoms with E-state index >= 15 is 0 Å². The molecule has 1 fully saturated rings. The fourth-order valence-electron chi connectivity index (χ4n) is 0.291. The lowest BCUT2D eigenvalue weighted by atomic mass is 10.1. The molecule has 2 N–H and O–H groups in total. The Kier molecular flexibility index (Phi) is 0.443. The molecule has 1 aliphatic heterocycles. The third-order valence-corrected chi connectivity index (χ3v) is 0.581. The molecule has 0 aliphatic carbocycles. The summed E-state index contributed by atoms with van der Waals surface area (Å²) in [5, 5.41) is 10.5. The van der Waals surface area contributed by atoms with E-state index in [1.165, 1.54) is 5.32 Å². The molecule has 2 atom stereocenters. The first kappa shape index (κ1) is 1.47. The van der Waals surface area contributed by atoms with Crippen molar-refractivity contribution in [3.8, 4) is 0 Å². The minimum absolute atomic E-state index is 1.25. The van der Waals surface area contributed by atoms with E-state index in [0.29, 0.717) is 0 Å². The highest BCUT2D eigenvalue weighted by atomic mass is 19.1. The zero-order chi connectivity index (χ0) is 13.2. The summed E-state index contributed by atoms with van der Waals surface area (Å²) < 4.78 is 70.2. The second-order valence-electron chi connectivity index (χ2n) is 1.16. The number of rotatable bonds is 0. The van der Waals surface area contributed by atoms with Gasteiger partial charge in [0, 0.05) is 14.7 Å². The number of halogens is 1. The standard InChI is InChI=1S/C5H10FNO/c6-4-1-2-5(8)7-3-4/h4-5,7-8H,1-3H2/i1D2,2D2,3D2,4D,5D. The normalized spacial score (nSPS) is 91.8. The molecule has 1 saturated heterocycles. The summed E-state index contributed by atoms with van der Waals surface area (Å²) >= 11 is 0. The lowest BCUT2D eigenvalue weighted by molar-refractivity contribution is 0.0768. The first-order valence-corrected chi connectivity index (χ1v) is 1.91. The van der Waals surface area contributed by atoms with Crippen LogP contribution in [-0.4, -0.2) is 24.0 Å². The van der Waals surface area contributed by atoms with Gasteiger partial charge in [0.05, 0.1) is 2.74 Å². The monoisotopic (exact) mass is 127 g/mol. The highest BCUT2D eigenvalue weighted by molar-refractivity contribution is 4.69. The zero-order valence-corrected chi connectivity index (χ0v) is 3.83. The summed E-state index contributed by atoms with van der Waals surface area (Å²) in [6, 6.07) is 0. The second-order valence-corrected chi connectivity index (χ2v) is 1.16. The van der Waals surface area contributed by atoms with Crippen molar-refractivity contribution < 1.29 is 20.5 Å². The van der Waals surface area contributed by atoms with Crippen LogP contribution >= 0.6 is 0 Å². The van der Waals surface area contributed by atoms with Crippen LogP contribution in [0.5, 0.6) is 0 Å². The molecular weight excluding hydrogens is 109 g/mol. The van der Waals surface area contributed by atoms with Crippen LogP contribution in [0.15, 0.2) is 0 Å². The lowest BCUT2D eigenvalue weighted by Gasteiger charge is -2.20. The SMILES string of the molecule is [2H]C1([2H])NC([2H])(O)C([2H])([2H])C([2H])([2H])C1([2H])F. The quantitative estimate of drug-likeness (QED) is 0.481. The molecule has 0 saturated carbocycles. The van der Waals surface area contributed by atoms with Gasteiger partial charge in [-0.05, 0) is 12.7 Å². The fourth-order valence-corrected chi connectivity index (χ4v) is 0.291. The molecule has 1 heterocycles. The lowest BCUT2D eigenvalue weighted by Crippen LogP contribution is -2.39. The summed E-state index contributed by atoms with van der Waals surface area (Å²) in [6.07, 6.45) is -14.6. The zero-order valence-electron chi connectivity index (χ0n) is 11.8. The van der Waals surface area contributed by atoms with E-state index in [9.17, 15) is 9.50 Å². The molecule has 0 spiro atoms. The molecule has 2 nitrogen and oxygen atoms in total. The number of aliphatic hydroxyl groups is 1. The molecule has 3 heteroatoms. The van der Waals surface area contributed by atoms with Crippen LogP contribution in [-0.2, 0) is 0 Å². The minimum atomic E-state index is -3.99. The van der Waals surface area contributed by atoms with Crippen molar-refractivity contribution in [1.82, 2.24) is 5.32 Å². The summed E-state index contributed by atoms with van der Waals surface area (Å²) in [6.45, 7) is -3.40. The Labute approximate surface area is 58.9 Å².